The Morgan fingerprint density at radius 3 is 2.92 bits per heavy atom. The zero-order chi connectivity index (χ0) is 9.14. The number of hydrogen-bond donors (Lipinski definition) is 0. The van der Waals surface area contributed by atoms with Crippen molar-refractivity contribution in [3.8, 4) is 0 Å². The molecule has 2 unspecified atom stereocenters. The average Bonchev–Trinajstić information content (AvgIpc) is 2.14. The third-order valence-electron chi connectivity index (χ3n) is 2.19. The highest BCUT2D eigenvalue weighted by Crippen LogP contribution is 2.18. The third-order valence-corrected chi connectivity index (χ3v) is 2.19. The fourth-order valence-corrected chi connectivity index (χ4v) is 1.30. The molecule has 3 heteroatoms. The van der Waals surface area contributed by atoms with E-state index >= 15 is 0 Å². The van der Waals surface area contributed by atoms with E-state index in [4.69, 9.17) is 0 Å². The molecule has 0 heterocycles. The van der Waals surface area contributed by atoms with Crippen LogP contribution in [0, 0.1) is 16.0 Å². The lowest BCUT2D eigenvalue weighted by molar-refractivity contribution is -0.517. The van der Waals surface area contributed by atoms with Crippen molar-refractivity contribution in [1.29, 1.82) is 0 Å². The summed E-state index contributed by atoms with van der Waals surface area (Å²) in [5.74, 6) is 0.105. The van der Waals surface area contributed by atoms with Crippen molar-refractivity contribution in [3.63, 3.8) is 0 Å². The smallest absolute Gasteiger partial charge is 0.234 e. The molecule has 12 heavy (non-hydrogen) atoms. The van der Waals surface area contributed by atoms with Crippen molar-refractivity contribution >= 4 is 0 Å². The van der Waals surface area contributed by atoms with Crippen LogP contribution in [0.1, 0.15) is 20.3 Å². The fourth-order valence-electron chi connectivity index (χ4n) is 1.30. The highest BCUT2D eigenvalue weighted by molar-refractivity contribution is 5.19. The molecule has 0 N–H and O–H groups in total. The maximum absolute atomic E-state index is 10.6. The first-order valence-electron chi connectivity index (χ1n) is 4.09. The molecule has 0 radical (unpaired) electrons. The van der Waals surface area contributed by atoms with Gasteiger partial charge in [0.2, 0.25) is 6.04 Å². The Bertz CT molecular complexity index is 243. The Labute approximate surface area is 71.9 Å². The molecule has 0 aliphatic heterocycles. The Morgan fingerprint density at radius 1 is 1.67 bits per heavy atom. The quantitative estimate of drug-likeness (QED) is 0.443. The van der Waals surface area contributed by atoms with Crippen LogP contribution in [0.5, 0.6) is 0 Å². The van der Waals surface area contributed by atoms with Crippen LogP contribution < -0.4 is 0 Å². The van der Waals surface area contributed by atoms with Gasteiger partial charge in [0, 0.05) is 10.8 Å². The minimum absolute atomic E-state index is 0.105. The molecule has 1 aliphatic carbocycles. The van der Waals surface area contributed by atoms with E-state index in [9.17, 15) is 10.1 Å². The summed E-state index contributed by atoms with van der Waals surface area (Å²) in [7, 11) is 0. The second kappa shape index (κ2) is 3.52. The van der Waals surface area contributed by atoms with Crippen molar-refractivity contribution < 1.29 is 4.92 Å². The molecule has 0 fully saturated rings. The van der Waals surface area contributed by atoms with E-state index in [1.807, 2.05) is 26.0 Å². The summed E-state index contributed by atoms with van der Waals surface area (Å²) in [4.78, 5) is 10.3. The summed E-state index contributed by atoms with van der Waals surface area (Å²) in [5.41, 5.74) is 1.12. The zero-order valence-corrected chi connectivity index (χ0v) is 7.36. The predicted molar refractivity (Wildman–Crippen MR) is 47.5 cm³/mol. The lowest BCUT2D eigenvalue weighted by atomic mass is 10.0. The van der Waals surface area contributed by atoms with Crippen LogP contribution >= 0.6 is 0 Å². The Balaban J connectivity index is 2.79. The van der Waals surface area contributed by atoms with Gasteiger partial charge in [0.1, 0.15) is 0 Å². The molecule has 0 bridgehead atoms. The van der Waals surface area contributed by atoms with Gasteiger partial charge in [-0.25, -0.2) is 0 Å². The molecule has 0 saturated heterocycles. The van der Waals surface area contributed by atoms with Crippen LogP contribution in [0.25, 0.3) is 0 Å². The summed E-state index contributed by atoms with van der Waals surface area (Å²) < 4.78 is 0. The standard InChI is InChI=1S/C9H13NO2/c1-7-3-5-8(2)9(6-4-7)10(11)12/h3-4,6,8-9H,5H2,1-2H3. The van der Waals surface area contributed by atoms with Crippen LogP contribution in [-0.4, -0.2) is 11.0 Å². The first-order valence-corrected chi connectivity index (χ1v) is 4.09. The first-order chi connectivity index (χ1) is 5.61. The number of nitro groups is 1. The molecule has 3 nitrogen and oxygen atoms in total. The second-order valence-electron chi connectivity index (χ2n) is 3.30. The van der Waals surface area contributed by atoms with Gasteiger partial charge in [-0.3, -0.25) is 10.1 Å². The highest BCUT2D eigenvalue weighted by atomic mass is 16.6. The molecule has 0 amide bonds. The van der Waals surface area contributed by atoms with Gasteiger partial charge in [0.25, 0.3) is 0 Å². The van der Waals surface area contributed by atoms with E-state index in [1.54, 1.807) is 6.08 Å². The lowest BCUT2D eigenvalue weighted by Crippen LogP contribution is -2.24. The molecule has 0 spiro atoms. The van der Waals surface area contributed by atoms with Crippen LogP contribution in [-0.2, 0) is 0 Å². The fraction of sp³-hybridized carbons (Fsp3) is 0.556. The third kappa shape index (κ3) is 1.94. The highest BCUT2D eigenvalue weighted by Gasteiger charge is 2.24. The predicted octanol–water partition coefficient (Wildman–Crippen LogP) is 2.17. The second-order valence-corrected chi connectivity index (χ2v) is 3.30. The van der Waals surface area contributed by atoms with Gasteiger partial charge in [-0.05, 0) is 19.4 Å². The molecule has 2 atom stereocenters. The van der Waals surface area contributed by atoms with Gasteiger partial charge in [0.05, 0.1) is 0 Å². The number of rotatable bonds is 1. The number of nitrogens with zero attached hydrogens (tertiary/aromatic N) is 1. The van der Waals surface area contributed by atoms with Crippen molar-refractivity contribution in [1.82, 2.24) is 0 Å². The van der Waals surface area contributed by atoms with E-state index in [1.165, 1.54) is 0 Å². The summed E-state index contributed by atoms with van der Waals surface area (Å²) in [5, 5.41) is 10.6. The first kappa shape index (κ1) is 8.97. The van der Waals surface area contributed by atoms with Crippen molar-refractivity contribution in [2.45, 2.75) is 26.3 Å². The number of allylic oxidation sites excluding steroid dienone is 3. The van der Waals surface area contributed by atoms with Crippen LogP contribution in [0.15, 0.2) is 23.8 Å². The molecule has 0 aromatic rings. The zero-order valence-electron chi connectivity index (χ0n) is 7.36. The molecule has 0 saturated carbocycles. The maximum Gasteiger partial charge on any atom is 0.234 e. The van der Waals surface area contributed by atoms with Gasteiger partial charge in [-0.15, -0.1) is 0 Å². The molecule has 0 aromatic carbocycles. The molecule has 66 valence electrons. The Kier molecular flexibility index (Phi) is 2.63. The monoisotopic (exact) mass is 167 g/mol. The molecule has 0 aromatic heterocycles. The largest absolute Gasteiger partial charge is 0.264 e. The van der Waals surface area contributed by atoms with Crippen LogP contribution in [0.4, 0.5) is 0 Å². The van der Waals surface area contributed by atoms with Gasteiger partial charge < -0.3 is 0 Å². The average molecular weight is 167 g/mol. The molecule has 1 rings (SSSR count). The SMILES string of the molecule is CC1=CCC(C)C([N+](=O)[O-])C=C1. The van der Waals surface area contributed by atoms with Gasteiger partial charge in [-0.1, -0.05) is 24.6 Å². The summed E-state index contributed by atoms with van der Waals surface area (Å²) in [6.45, 7) is 3.87. The Morgan fingerprint density at radius 2 is 2.33 bits per heavy atom. The van der Waals surface area contributed by atoms with E-state index in [-0.39, 0.29) is 10.8 Å². The van der Waals surface area contributed by atoms with Crippen molar-refractivity contribution in [2.75, 3.05) is 0 Å². The minimum Gasteiger partial charge on any atom is -0.264 e. The summed E-state index contributed by atoms with van der Waals surface area (Å²) in [6, 6.07) is -0.515. The van der Waals surface area contributed by atoms with Crippen molar-refractivity contribution in [3.05, 3.63) is 33.9 Å². The van der Waals surface area contributed by atoms with Crippen LogP contribution in [0.3, 0.4) is 0 Å². The lowest BCUT2D eigenvalue weighted by Gasteiger charge is -2.09. The van der Waals surface area contributed by atoms with E-state index in [0.717, 1.165) is 12.0 Å². The minimum atomic E-state index is -0.515. The summed E-state index contributed by atoms with van der Waals surface area (Å²) in [6.07, 6.45) is 6.36. The summed E-state index contributed by atoms with van der Waals surface area (Å²) >= 11 is 0. The molecular weight excluding hydrogens is 154 g/mol. The topological polar surface area (TPSA) is 43.1 Å². The van der Waals surface area contributed by atoms with Crippen LogP contribution in [0.2, 0.25) is 0 Å². The molecule has 1 aliphatic rings. The van der Waals surface area contributed by atoms with E-state index in [0.29, 0.717) is 0 Å². The van der Waals surface area contributed by atoms with Crippen molar-refractivity contribution in [2.24, 2.45) is 5.92 Å². The number of hydrogen-bond acceptors (Lipinski definition) is 2. The van der Waals surface area contributed by atoms with E-state index < -0.39 is 6.04 Å². The Hall–Kier alpha value is -1.12. The normalized spacial score (nSPS) is 29.3. The van der Waals surface area contributed by atoms with Gasteiger partial charge in [-0.2, -0.15) is 0 Å². The van der Waals surface area contributed by atoms with E-state index in [2.05, 4.69) is 0 Å². The van der Waals surface area contributed by atoms with Gasteiger partial charge >= 0.3 is 0 Å². The van der Waals surface area contributed by atoms with Gasteiger partial charge in [0.15, 0.2) is 0 Å². The molecular formula is C9H13NO2. The maximum atomic E-state index is 10.6.